The molecule has 2 heterocycles. The predicted molar refractivity (Wildman–Crippen MR) is 88.7 cm³/mol. The van der Waals surface area contributed by atoms with Crippen LogP contribution in [0.15, 0.2) is 48.7 Å². The molecule has 23 heavy (non-hydrogen) atoms. The van der Waals surface area contributed by atoms with Crippen molar-refractivity contribution in [2.75, 3.05) is 0 Å². The number of fused-ring (bicyclic) bond motifs is 1. The van der Waals surface area contributed by atoms with Gasteiger partial charge < -0.3 is 9.88 Å². The second-order valence-corrected chi connectivity index (χ2v) is 5.16. The highest BCUT2D eigenvalue weighted by atomic mass is 16.1. The van der Waals surface area contributed by atoms with Crippen molar-refractivity contribution in [3.8, 4) is 12.3 Å². The lowest BCUT2D eigenvalue weighted by atomic mass is 10.2. The summed E-state index contributed by atoms with van der Waals surface area (Å²) in [5, 5.41) is 2.92. The monoisotopic (exact) mass is 304 g/mol. The summed E-state index contributed by atoms with van der Waals surface area (Å²) in [5.74, 6) is 3.13. The maximum atomic E-state index is 12.3. The Kier molecular flexibility index (Phi) is 4.07. The zero-order valence-electron chi connectivity index (χ0n) is 12.7. The summed E-state index contributed by atoms with van der Waals surface area (Å²) >= 11 is 0. The number of nitrogens with zero attached hydrogens (tertiary/aromatic N) is 3. The fourth-order valence-electron chi connectivity index (χ4n) is 2.51. The van der Waals surface area contributed by atoms with Gasteiger partial charge in [0.25, 0.3) is 5.91 Å². The van der Waals surface area contributed by atoms with Crippen LogP contribution in [-0.4, -0.2) is 20.4 Å². The molecular formula is C18H16N4O. The van der Waals surface area contributed by atoms with E-state index in [0.717, 1.165) is 16.9 Å². The van der Waals surface area contributed by atoms with Crippen LogP contribution in [0.25, 0.3) is 11.0 Å². The number of pyridine rings is 1. The summed E-state index contributed by atoms with van der Waals surface area (Å²) in [6.07, 6.45) is 7.07. The Labute approximate surface area is 134 Å². The molecule has 2 aromatic heterocycles. The third-order valence-electron chi connectivity index (χ3n) is 3.57. The molecule has 114 valence electrons. The van der Waals surface area contributed by atoms with Crippen LogP contribution >= 0.6 is 0 Å². The largest absolute Gasteiger partial charge is 0.341 e. The van der Waals surface area contributed by atoms with Crippen molar-refractivity contribution in [2.24, 2.45) is 0 Å². The van der Waals surface area contributed by atoms with Gasteiger partial charge in [-0.1, -0.05) is 24.1 Å². The van der Waals surface area contributed by atoms with E-state index in [2.05, 4.69) is 21.2 Å². The molecule has 1 unspecified atom stereocenters. The van der Waals surface area contributed by atoms with Crippen molar-refractivity contribution in [3.63, 3.8) is 0 Å². The van der Waals surface area contributed by atoms with Crippen LogP contribution in [0.4, 0.5) is 0 Å². The molecule has 3 aromatic rings. The predicted octanol–water partition coefficient (Wildman–Crippen LogP) is 2.56. The van der Waals surface area contributed by atoms with Gasteiger partial charge in [-0.25, -0.2) is 4.98 Å². The van der Waals surface area contributed by atoms with Crippen LogP contribution in [0.3, 0.4) is 0 Å². The van der Waals surface area contributed by atoms with E-state index in [-0.39, 0.29) is 11.9 Å². The second kappa shape index (κ2) is 6.32. The molecule has 0 aliphatic rings. The highest BCUT2D eigenvalue weighted by Gasteiger charge is 2.18. The maximum Gasteiger partial charge on any atom is 0.270 e. The van der Waals surface area contributed by atoms with E-state index < -0.39 is 0 Å². The van der Waals surface area contributed by atoms with Crippen LogP contribution in [0.2, 0.25) is 0 Å². The Morgan fingerprint density at radius 1 is 1.30 bits per heavy atom. The number of terminal acetylenes is 1. The third-order valence-corrected chi connectivity index (χ3v) is 3.57. The normalized spacial score (nSPS) is 11.8. The molecule has 1 aromatic carbocycles. The van der Waals surface area contributed by atoms with Gasteiger partial charge in [-0.15, -0.1) is 6.42 Å². The first-order valence-electron chi connectivity index (χ1n) is 7.31. The molecule has 0 aliphatic heterocycles. The smallest absolute Gasteiger partial charge is 0.270 e. The molecule has 1 amide bonds. The van der Waals surface area contributed by atoms with E-state index in [1.165, 1.54) is 0 Å². The third kappa shape index (κ3) is 2.92. The number of carbonyl (C=O) groups excluding carboxylic acids is 1. The number of hydrogen-bond acceptors (Lipinski definition) is 3. The molecule has 0 radical (unpaired) electrons. The fraction of sp³-hybridized carbons (Fsp3) is 0.167. The highest BCUT2D eigenvalue weighted by molar-refractivity contribution is 5.92. The van der Waals surface area contributed by atoms with Crippen molar-refractivity contribution in [2.45, 2.75) is 19.5 Å². The number of amides is 1. The maximum absolute atomic E-state index is 12.3. The molecule has 0 saturated carbocycles. The van der Waals surface area contributed by atoms with Gasteiger partial charge >= 0.3 is 0 Å². The fourth-order valence-corrected chi connectivity index (χ4v) is 2.51. The molecular weight excluding hydrogens is 288 g/mol. The van der Waals surface area contributed by atoms with E-state index in [9.17, 15) is 4.79 Å². The van der Waals surface area contributed by atoms with Gasteiger partial charge in [0.1, 0.15) is 11.5 Å². The molecule has 5 heteroatoms. The summed E-state index contributed by atoms with van der Waals surface area (Å²) in [6.45, 7) is 2.29. The molecule has 1 N–H and O–H groups in total. The van der Waals surface area contributed by atoms with Gasteiger partial charge in [0.05, 0.1) is 23.6 Å². The standard InChI is InChI=1S/C18H16N4O/c1-3-12-22-16-10-5-4-8-14(16)21-17(22)13(2)20-18(23)15-9-6-7-11-19-15/h1,4-11,13H,12H2,2H3,(H,20,23). The molecule has 1 atom stereocenters. The number of nitrogens with one attached hydrogen (secondary N) is 1. The lowest BCUT2D eigenvalue weighted by Gasteiger charge is -2.14. The van der Waals surface area contributed by atoms with E-state index in [1.807, 2.05) is 35.8 Å². The van der Waals surface area contributed by atoms with E-state index in [4.69, 9.17) is 6.42 Å². The van der Waals surface area contributed by atoms with Crippen molar-refractivity contribution in [1.29, 1.82) is 0 Å². The van der Waals surface area contributed by atoms with Crippen LogP contribution in [0.5, 0.6) is 0 Å². The van der Waals surface area contributed by atoms with Crippen LogP contribution in [-0.2, 0) is 6.54 Å². The van der Waals surface area contributed by atoms with Crippen LogP contribution in [0, 0.1) is 12.3 Å². The zero-order valence-corrected chi connectivity index (χ0v) is 12.7. The van der Waals surface area contributed by atoms with Crippen molar-refractivity contribution >= 4 is 16.9 Å². The minimum Gasteiger partial charge on any atom is -0.341 e. The summed E-state index contributed by atoms with van der Waals surface area (Å²) in [5.41, 5.74) is 2.19. The highest BCUT2D eigenvalue weighted by Crippen LogP contribution is 2.20. The second-order valence-electron chi connectivity index (χ2n) is 5.16. The summed E-state index contributed by atoms with van der Waals surface area (Å²) < 4.78 is 1.94. The first-order chi connectivity index (χ1) is 11.2. The first-order valence-corrected chi connectivity index (χ1v) is 7.31. The SMILES string of the molecule is C#CCn1c(C(C)NC(=O)c2ccccn2)nc2ccccc21. The quantitative estimate of drug-likeness (QED) is 0.754. The minimum atomic E-state index is -0.287. The van der Waals surface area contributed by atoms with Gasteiger partial charge in [0, 0.05) is 6.20 Å². The van der Waals surface area contributed by atoms with Crippen LogP contribution in [0.1, 0.15) is 29.3 Å². The lowest BCUT2D eigenvalue weighted by molar-refractivity contribution is 0.0933. The number of para-hydroxylation sites is 2. The zero-order chi connectivity index (χ0) is 16.2. The van der Waals surface area contributed by atoms with Gasteiger partial charge in [-0.05, 0) is 31.2 Å². The van der Waals surface area contributed by atoms with E-state index in [0.29, 0.717) is 12.2 Å². The Hall–Kier alpha value is -3.13. The molecule has 0 spiro atoms. The van der Waals surface area contributed by atoms with Crippen molar-refractivity contribution in [3.05, 3.63) is 60.2 Å². The Bertz CT molecular complexity index is 877. The Morgan fingerprint density at radius 3 is 2.83 bits per heavy atom. The van der Waals surface area contributed by atoms with Crippen molar-refractivity contribution < 1.29 is 4.79 Å². The van der Waals surface area contributed by atoms with Gasteiger partial charge in [0.2, 0.25) is 0 Å². The van der Waals surface area contributed by atoms with E-state index in [1.54, 1.807) is 24.4 Å². The Morgan fingerprint density at radius 2 is 2.09 bits per heavy atom. The summed E-state index contributed by atoms with van der Waals surface area (Å²) in [4.78, 5) is 20.9. The van der Waals surface area contributed by atoms with E-state index >= 15 is 0 Å². The number of aromatic nitrogens is 3. The number of carbonyl (C=O) groups is 1. The average Bonchev–Trinajstić information content (AvgIpc) is 2.95. The van der Waals surface area contributed by atoms with Gasteiger partial charge in [0.15, 0.2) is 0 Å². The van der Waals surface area contributed by atoms with Crippen LogP contribution < -0.4 is 5.32 Å². The number of benzene rings is 1. The number of imidazole rings is 1. The average molecular weight is 304 g/mol. The van der Waals surface area contributed by atoms with Crippen molar-refractivity contribution in [1.82, 2.24) is 19.9 Å². The molecule has 3 rings (SSSR count). The Balaban J connectivity index is 1.92. The molecule has 0 fully saturated rings. The molecule has 0 saturated heterocycles. The lowest BCUT2D eigenvalue weighted by Crippen LogP contribution is -2.29. The summed E-state index contributed by atoms with van der Waals surface area (Å²) in [7, 11) is 0. The minimum absolute atomic E-state index is 0.239. The number of hydrogen-bond donors (Lipinski definition) is 1. The van der Waals surface area contributed by atoms with Gasteiger partial charge in [-0.2, -0.15) is 0 Å². The first kappa shape index (κ1) is 14.8. The molecule has 0 aliphatic carbocycles. The number of rotatable bonds is 4. The summed E-state index contributed by atoms with van der Waals surface area (Å²) in [6, 6.07) is 12.7. The topological polar surface area (TPSA) is 59.8 Å². The molecule has 0 bridgehead atoms. The van der Waals surface area contributed by atoms with Gasteiger partial charge in [-0.3, -0.25) is 9.78 Å². The molecule has 5 nitrogen and oxygen atoms in total.